The van der Waals surface area contributed by atoms with E-state index in [1.165, 1.54) is 24.3 Å². The van der Waals surface area contributed by atoms with Crippen molar-refractivity contribution in [1.29, 1.82) is 0 Å². The van der Waals surface area contributed by atoms with E-state index in [0.29, 0.717) is 12.3 Å². The highest BCUT2D eigenvalue weighted by atomic mass is 32.2. The van der Waals surface area contributed by atoms with Crippen LogP contribution in [-0.2, 0) is 21.4 Å². The minimum Gasteiger partial charge on any atom is -0.484 e. The molecule has 3 rings (SSSR count). The third-order valence-electron chi connectivity index (χ3n) is 4.09. The van der Waals surface area contributed by atoms with Crippen LogP contribution in [0.1, 0.15) is 5.69 Å². The van der Waals surface area contributed by atoms with Crippen LogP contribution in [0.4, 0.5) is 0 Å². The Balaban J connectivity index is 1.60. The molecule has 152 valence electrons. The van der Waals surface area contributed by atoms with Crippen molar-refractivity contribution in [3.63, 3.8) is 0 Å². The lowest BCUT2D eigenvalue weighted by atomic mass is 10.2. The molecule has 9 nitrogen and oxygen atoms in total. The molecule has 1 amide bonds. The lowest BCUT2D eigenvalue weighted by Gasteiger charge is -2.09. The van der Waals surface area contributed by atoms with Crippen LogP contribution in [0.5, 0.6) is 5.75 Å². The maximum Gasteiger partial charge on any atom is 0.255 e. The molecule has 0 saturated heterocycles. The number of hydrogen-bond donors (Lipinski definition) is 2. The number of sulfonamides is 1. The van der Waals surface area contributed by atoms with Crippen molar-refractivity contribution in [3.8, 4) is 17.0 Å². The standard InChI is InChI=1S/C19H21N5O4S/c1-14-12-18(15-6-8-21-9-7-15)23-24(14)11-10-22-29(26,27)17-4-2-16(3-5-17)28-13-19(20)25/h2-9,12,22H,10-11,13H2,1H3,(H2,20,25). The summed E-state index contributed by atoms with van der Waals surface area (Å²) in [7, 11) is -3.68. The highest BCUT2D eigenvalue weighted by molar-refractivity contribution is 7.89. The van der Waals surface area contributed by atoms with Crippen molar-refractivity contribution >= 4 is 15.9 Å². The van der Waals surface area contributed by atoms with E-state index in [9.17, 15) is 13.2 Å². The third kappa shape index (κ3) is 5.39. The van der Waals surface area contributed by atoms with Gasteiger partial charge in [-0.15, -0.1) is 0 Å². The first-order valence-electron chi connectivity index (χ1n) is 8.81. The number of carbonyl (C=O) groups is 1. The van der Waals surface area contributed by atoms with Gasteiger partial charge < -0.3 is 10.5 Å². The zero-order valence-corrected chi connectivity index (χ0v) is 16.6. The van der Waals surface area contributed by atoms with Crippen molar-refractivity contribution in [2.24, 2.45) is 5.73 Å². The molecule has 0 aliphatic heterocycles. The van der Waals surface area contributed by atoms with Gasteiger partial charge in [-0.25, -0.2) is 13.1 Å². The van der Waals surface area contributed by atoms with Gasteiger partial charge in [0.25, 0.3) is 5.91 Å². The Morgan fingerprint density at radius 2 is 1.86 bits per heavy atom. The molecule has 0 bridgehead atoms. The predicted octanol–water partition coefficient (Wildman–Crippen LogP) is 1.10. The second-order valence-corrected chi connectivity index (χ2v) is 8.02. The van der Waals surface area contributed by atoms with E-state index in [0.717, 1.165) is 17.0 Å². The van der Waals surface area contributed by atoms with E-state index in [1.54, 1.807) is 17.1 Å². The van der Waals surface area contributed by atoms with Gasteiger partial charge in [-0.2, -0.15) is 5.10 Å². The summed E-state index contributed by atoms with van der Waals surface area (Å²) < 4.78 is 34.3. The number of amides is 1. The second kappa shape index (κ2) is 8.84. The number of aromatic nitrogens is 3. The maximum atomic E-state index is 12.4. The molecule has 0 fully saturated rings. The smallest absolute Gasteiger partial charge is 0.255 e. The summed E-state index contributed by atoms with van der Waals surface area (Å²) in [5.74, 6) is -0.247. The summed E-state index contributed by atoms with van der Waals surface area (Å²) in [6.07, 6.45) is 3.39. The number of aryl methyl sites for hydroxylation is 1. The molecule has 0 radical (unpaired) electrons. The van der Waals surface area contributed by atoms with Gasteiger partial charge in [-0.1, -0.05) is 0 Å². The molecular formula is C19H21N5O4S. The van der Waals surface area contributed by atoms with Crippen LogP contribution in [0.2, 0.25) is 0 Å². The second-order valence-electron chi connectivity index (χ2n) is 6.25. The molecule has 3 aromatic rings. The van der Waals surface area contributed by atoms with E-state index in [1.807, 2.05) is 25.1 Å². The number of carbonyl (C=O) groups excluding carboxylic acids is 1. The molecule has 0 unspecified atom stereocenters. The average molecular weight is 415 g/mol. The molecular weight excluding hydrogens is 394 g/mol. The number of pyridine rings is 1. The number of nitrogens with zero attached hydrogens (tertiary/aromatic N) is 3. The molecule has 2 aromatic heterocycles. The van der Waals surface area contributed by atoms with Crippen molar-refractivity contribution < 1.29 is 17.9 Å². The fourth-order valence-corrected chi connectivity index (χ4v) is 3.66. The van der Waals surface area contributed by atoms with Crippen molar-refractivity contribution in [3.05, 3.63) is 60.6 Å². The van der Waals surface area contributed by atoms with Gasteiger partial charge in [0.1, 0.15) is 5.75 Å². The van der Waals surface area contributed by atoms with Gasteiger partial charge in [-0.05, 0) is 49.4 Å². The molecule has 2 heterocycles. The summed E-state index contributed by atoms with van der Waals surface area (Å²) in [5.41, 5.74) is 7.68. The van der Waals surface area contributed by atoms with Crippen LogP contribution >= 0.6 is 0 Å². The fourth-order valence-electron chi connectivity index (χ4n) is 2.64. The molecule has 1 aromatic carbocycles. The van der Waals surface area contributed by atoms with E-state index in [2.05, 4.69) is 14.8 Å². The van der Waals surface area contributed by atoms with Crippen molar-refractivity contribution in [2.45, 2.75) is 18.4 Å². The van der Waals surface area contributed by atoms with Crippen LogP contribution in [0.15, 0.2) is 59.8 Å². The first-order valence-corrected chi connectivity index (χ1v) is 10.3. The summed E-state index contributed by atoms with van der Waals surface area (Å²) in [4.78, 5) is 14.8. The third-order valence-corrected chi connectivity index (χ3v) is 5.57. The average Bonchev–Trinajstić information content (AvgIpc) is 3.08. The fraction of sp³-hybridized carbons (Fsp3) is 0.211. The predicted molar refractivity (Wildman–Crippen MR) is 107 cm³/mol. The zero-order valence-electron chi connectivity index (χ0n) is 15.8. The van der Waals surface area contributed by atoms with Crippen molar-refractivity contribution in [2.75, 3.05) is 13.2 Å². The topological polar surface area (TPSA) is 129 Å². The van der Waals surface area contributed by atoms with Gasteiger partial charge in [-0.3, -0.25) is 14.5 Å². The maximum absolute atomic E-state index is 12.4. The Kier molecular flexibility index (Phi) is 6.25. The zero-order chi connectivity index (χ0) is 20.9. The first kappa shape index (κ1) is 20.5. The summed E-state index contributed by atoms with van der Waals surface area (Å²) in [6, 6.07) is 11.4. The van der Waals surface area contributed by atoms with E-state index >= 15 is 0 Å². The number of hydrogen-bond acceptors (Lipinski definition) is 6. The first-order chi connectivity index (χ1) is 13.8. The minimum atomic E-state index is -3.68. The largest absolute Gasteiger partial charge is 0.484 e. The van der Waals surface area contributed by atoms with Crippen molar-refractivity contribution in [1.82, 2.24) is 19.5 Å². The van der Waals surface area contributed by atoms with E-state index < -0.39 is 15.9 Å². The number of benzene rings is 1. The van der Waals surface area contributed by atoms with Gasteiger partial charge in [0, 0.05) is 30.2 Å². The number of nitrogens with one attached hydrogen (secondary N) is 1. The van der Waals surface area contributed by atoms with Crippen LogP contribution in [0, 0.1) is 6.92 Å². The Bertz CT molecular complexity index is 1080. The molecule has 0 spiro atoms. The lowest BCUT2D eigenvalue weighted by molar-refractivity contribution is -0.119. The molecule has 29 heavy (non-hydrogen) atoms. The highest BCUT2D eigenvalue weighted by Gasteiger charge is 2.14. The molecule has 0 aliphatic rings. The summed E-state index contributed by atoms with van der Waals surface area (Å²) >= 11 is 0. The van der Waals surface area contributed by atoms with Crippen LogP contribution in [-0.4, -0.2) is 42.2 Å². The molecule has 3 N–H and O–H groups in total. The van der Waals surface area contributed by atoms with Gasteiger partial charge in [0.2, 0.25) is 10.0 Å². The normalized spacial score (nSPS) is 11.3. The van der Waals surface area contributed by atoms with E-state index in [-0.39, 0.29) is 18.0 Å². The molecule has 0 saturated carbocycles. The Labute approximate surface area is 168 Å². The van der Waals surface area contributed by atoms with Gasteiger partial charge in [0.15, 0.2) is 6.61 Å². The van der Waals surface area contributed by atoms with Crippen LogP contribution in [0.25, 0.3) is 11.3 Å². The van der Waals surface area contributed by atoms with Gasteiger partial charge in [0.05, 0.1) is 17.1 Å². The highest BCUT2D eigenvalue weighted by Crippen LogP contribution is 2.18. The summed E-state index contributed by atoms with van der Waals surface area (Å²) in [6.45, 7) is 2.21. The minimum absolute atomic E-state index is 0.0959. The molecule has 0 atom stereocenters. The Hall–Kier alpha value is -3.24. The number of rotatable bonds is 9. The SMILES string of the molecule is Cc1cc(-c2ccncc2)nn1CCNS(=O)(=O)c1ccc(OCC(N)=O)cc1. The number of nitrogens with two attached hydrogens (primary N) is 1. The molecule has 10 heteroatoms. The lowest BCUT2D eigenvalue weighted by Crippen LogP contribution is -2.28. The van der Waals surface area contributed by atoms with E-state index in [4.69, 9.17) is 10.5 Å². The molecule has 0 aliphatic carbocycles. The van der Waals surface area contributed by atoms with Crippen LogP contribution in [0.3, 0.4) is 0 Å². The monoisotopic (exact) mass is 415 g/mol. The Morgan fingerprint density at radius 3 is 2.52 bits per heavy atom. The van der Waals surface area contributed by atoms with Gasteiger partial charge >= 0.3 is 0 Å². The number of ether oxygens (including phenoxy) is 1. The number of primary amides is 1. The quantitative estimate of drug-likeness (QED) is 0.538. The Morgan fingerprint density at radius 1 is 1.17 bits per heavy atom. The summed E-state index contributed by atoms with van der Waals surface area (Å²) in [5, 5.41) is 4.52. The van der Waals surface area contributed by atoms with Crippen LogP contribution < -0.4 is 15.2 Å².